The maximum atomic E-state index is 12.5. The minimum atomic E-state index is -0.109. The Balaban J connectivity index is 1.28. The average molecular weight is 414 g/mol. The molecule has 1 aliphatic carbocycles. The molecule has 1 amide bonds. The van der Waals surface area contributed by atoms with Crippen LogP contribution in [0.5, 0.6) is 5.88 Å². The molecule has 7 heteroatoms. The first-order chi connectivity index (χ1) is 13.7. The Bertz CT molecular complexity index is 922. The summed E-state index contributed by atoms with van der Waals surface area (Å²) in [5, 5.41) is 6.38. The molecule has 0 spiro atoms. The van der Waals surface area contributed by atoms with Crippen molar-refractivity contribution in [1.29, 1.82) is 0 Å². The SMILES string of the molecule is O=C(NC1CCC(Oc2ccc(Cl)cn2)CC1)c1csc(-c2ccccc2)n1. The van der Waals surface area contributed by atoms with Gasteiger partial charge in [0.25, 0.3) is 5.91 Å². The number of carbonyl (C=O) groups excluding carboxylic acids is 1. The molecule has 28 heavy (non-hydrogen) atoms. The summed E-state index contributed by atoms with van der Waals surface area (Å²) in [6.45, 7) is 0. The lowest BCUT2D eigenvalue weighted by molar-refractivity contribution is 0.0886. The van der Waals surface area contributed by atoms with E-state index in [-0.39, 0.29) is 18.1 Å². The molecular weight excluding hydrogens is 394 g/mol. The predicted octanol–water partition coefficient (Wildman–Crippen LogP) is 4.98. The Kier molecular flexibility index (Phi) is 5.88. The zero-order valence-corrected chi connectivity index (χ0v) is 16.7. The van der Waals surface area contributed by atoms with Crippen LogP contribution in [0.1, 0.15) is 36.2 Å². The van der Waals surface area contributed by atoms with Gasteiger partial charge < -0.3 is 10.1 Å². The Morgan fingerprint density at radius 1 is 1.11 bits per heavy atom. The molecule has 0 aliphatic heterocycles. The summed E-state index contributed by atoms with van der Waals surface area (Å²) in [4.78, 5) is 21.2. The van der Waals surface area contributed by atoms with E-state index in [0.29, 0.717) is 16.6 Å². The van der Waals surface area contributed by atoms with Gasteiger partial charge in [0.1, 0.15) is 16.8 Å². The molecule has 0 saturated heterocycles. The van der Waals surface area contributed by atoms with E-state index in [4.69, 9.17) is 16.3 Å². The van der Waals surface area contributed by atoms with Gasteiger partial charge in [-0.15, -0.1) is 11.3 Å². The fourth-order valence-electron chi connectivity index (χ4n) is 3.28. The number of ether oxygens (including phenoxy) is 1. The zero-order valence-electron chi connectivity index (χ0n) is 15.2. The van der Waals surface area contributed by atoms with Gasteiger partial charge >= 0.3 is 0 Å². The Hall–Kier alpha value is -2.44. The van der Waals surface area contributed by atoms with Crippen LogP contribution in [-0.4, -0.2) is 28.0 Å². The van der Waals surface area contributed by atoms with E-state index < -0.39 is 0 Å². The van der Waals surface area contributed by atoms with Crippen molar-refractivity contribution in [1.82, 2.24) is 15.3 Å². The third-order valence-electron chi connectivity index (χ3n) is 4.75. The van der Waals surface area contributed by atoms with E-state index in [9.17, 15) is 4.79 Å². The number of aromatic nitrogens is 2. The lowest BCUT2D eigenvalue weighted by Crippen LogP contribution is -2.39. The topological polar surface area (TPSA) is 64.1 Å². The molecule has 2 aromatic heterocycles. The summed E-state index contributed by atoms with van der Waals surface area (Å²) in [6.07, 6.45) is 5.20. The van der Waals surface area contributed by atoms with Crippen molar-refractivity contribution >= 4 is 28.8 Å². The van der Waals surface area contributed by atoms with Gasteiger partial charge in [0.05, 0.1) is 5.02 Å². The zero-order chi connectivity index (χ0) is 19.3. The second-order valence-electron chi connectivity index (χ2n) is 6.78. The molecule has 5 nitrogen and oxygen atoms in total. The van der Waals surface area contributed by atoms with Gasteiger partial charge in [0.15, 0.2) is 0 Å². The number of halogens is 1. The number of benzene rings is 1. The second kappa shape index (κ2) is 8.71. The van der Waals surface area contributed by atoms with Crippen LogP contribution in [0.4, 0.5) is 0 Å². The number of nitrogens with one attached hydrogen (secondary N) is 1. The van der Waals surface area contributed by atoms with Gasteiger partial charge in [-0.3, -0.25) is 4.79 Å². The van der Waals surface area contributed by atoms with Crippen LogP contribution >= 0.6 is 22.9 Å². The van der Waals surface area contributed by atoms with Crippen LogP contribution in [0.15, 0.2) is 54.0 Å². The Morgan fingerprint density at radius 2 is 1.89 bits per heavy atom. The van der Waals surface area contributed by atoms with E-state index in [1.165, 1.54) is 11.3 Å². The Morgan fingerprint density at radius 3 is 2.61 bits per heavy atom. The van der Waals surface area contributed by atoms with Crippen molar-refractivity contribution in [3.8, 4) is 16.5 Å². The van der Waals surface area contributed by atoms with Crippen molar-refractivity contribution < 1.29 is 9.53 Å². The normalized spacial score (nSPS) is 19.2. The Labute approximate surface area is 172 Å². The van der Waals surface area contributed by atoms with Crippen molar-refractivity contribution in [2.75, 3.05) is 0 Å². The number of rotatable bonds is 5. The summed E-state index contributed by atoms with van der Waals surface area (Å²) in [5.74, 6) is 0.481. The number of hydrogen-bond acceptors (Lipinski definition) is 5. The lowest BCUT2D eigenvalue weighted by Gasteiger charge is -2.29. The maximum Gasteiger partial charge on any atom is 0.270 e. The van der Waals surface area contributed by atoms with Crippen LogP contribution in [0.2, 0.25) is 5.02 Å². The van der Waals surface area contributed by atoms with Gasteiger partial charge in [-0.25, -0.2) is 9.97 Å². The highest BCUT2D eigenvalue weighted by Gasteiger charge is 2.25. The van der Waals surface area contributed by atoms with Gasteiger partial charge in [-0.05, 0) is 31.7 Å². The summed E-state index contributed by atoms with van der Waals surface area (Å²) >= 11 is 7.33. The highest BCUT2D eigenvalue weighted by atomic mass is 35.5. The highest BCUT2D eigenvalue weighted by Crippen LogP contribution is 2.25. The van der Waals surface area contributed by atoms with Gasteiger partial charge in [-0.2, -0.15) is 0 Å². The third-order valence-corrected chi connectivity index (χ3v) is 5.87. The quantitative estimate of drug-likeness (QED) is 0.640. The number of hydrogen-bond donors (Lipinski definition) is 1. The molecule has 0 atom stereocenters. The molecule has 0 bridgehead atoms. The summed E-state index contributed by atoms with van der Waals surface area (Å²) in [5.41, 5.74) is 1.51. The van der Waals surface area contributed by atoms with Crippen LogP contribution in [0.25, 0.3) is 10.6 Å². The largest absolute Gasteiger partial charge is 0.474 e. The highest BCUT2D eigenvalue weighted by molar-refractivity contribution is 7.13. The van der Waals surface area contributed by atoms with Crippen molar-refractivity contribution in [2.24, 2.45) is 0 Å². The molecule has 1 aromatic carbocycles. The maximum absolute atomic E-state index is 12.5. The minimum Gasteiger partial charge on any atom is -0.474 e. The first-order valence-electron chi connectivity index (χ1n) is 9.27. The fourth-order valence-corrected chi connectivity index (χ4v) is 4.20. The molecule has 3 aromatic rings. The molecule has 1 saturated carbocycles. The standard InChI is InChI=1S/C21H20ClN3O2S/c22-15-6-11-19(23-12-15)27-17-9-7-16(8-10-17)24-20(26)18-13-28-21(25-18)14-4-2-1-3-5-14/h1-6,11-13,16-17H,7-10H2,(H,24,26). The van der Waals surface area contributed by atoms with Gasteiger partial charge in [-0.1, -0.05) is 41.9 Å². The lowest BCUT2D eigenvalue weighted by atomic mass is 9.93. The summed E-state index contributed by atoms with van der Waals surface area (Å²) in [7, 11) is 0. The van der Waals surface area contributed by atoms with Crippen molar-refractivity contribution in [2.45, 2.75) is 37.8 Å². The third kappa shape index (κ3) is 4.69. The number of pyridine rings is 1. The molecule has 0 unspecified atom stereocenters. The van der Waals surface area contributed by atoms with Gasteiger partial charge in [0, 0.05) is 29.2 Å². The van der Waals surface area contributed by atoms with Gasteiger partial charge in [0.2, 0.25) is 5.88 Å². The van der Waals surface area contributed by atoms with Crippen LogP contribution < -0.4 is 10.1 Å². The van der Waals surface area contributed by atoms with E-state index in [0.717, 1.165) is 36.3 Å². The van der Waals surface area contributed by atoms with Crippen LogP contribution in [-0.2, 0) is 0 Å². The number of amides is 1. The molecular formula is C21H20ClN3O2S. The van der Waals surface area contributed by atoms with Crippen molar-refractivity contribution in [3.63, 3.8) is 0 Å². The first kappa shape index (κ1) is 18.9. The fraction of sp³-hybridized carbons (Fsp3) is 0.286. The summed E-state index contributed by atoms with van der Waals surface area (Å²) < 4.78 is 5.91. The number of carbonyl (C=O) groups is 1. The molecule has 0 radical (unpaired) electrons. The van der Waals surface area contributed by atoms with Crippen molar-refractivity contribution in [3.05, 3.63) is 64.8 Å². The molecule has 2 heterocycles. The smallest absolute Gasteiger partial charge is 0.270 e. The van der Waals surface area contributed by atoms with E-state index in [1.54, 1.807) is 18.3 Å². The van der Waals surface area contributed by atoms with E-state index >= 15 is 0 Å². The minimum absolute atomic E-state index is 0.109. The number of nitrogens with zero attached hydrogens (tertiary/aromatic N) is 2. The predicted molar refractivity (Wildman–Crippen MR) is 111 cm³/mol. The van der Waals surface area contributed by atoms with Crippen LogP contribution in [0, 0.1) is 0 Å². The molecule has 144 valence electrons. The second-order valence-corrected chi connectivity index (χ2v) is 8.08. The molecule has 4 rings (SSSR count). The summed E-state index contributed by atoms with van der Waals surface area (Å²) in [6, 6.07) is 13.6. The van der Waals surface area contributed by atoms with E-state index in [2.05, 4.69) is 15.3 Å². The monoisotopic (exact) mass is 413 g/mol. The van der Waals surface area contributed by atoms with Crippen LogP contribution in [0.3, 0.4) is 0 Å². The first-order valence-corrected chi connectivity index (χ1v) is 10.5. The average Bonchev–Trinajstić information content (AvgIpc) is 3.22. The van der Waals surface area contributed by atoms with E-state index in [1.807, 2.05) is 35.7 Å². The molecule has 1 aliphatic rings. The molecule has 1 N–H and O–H groups in total. The number of thiazole rings is 1. The molecule has 1 fully saturated rings.